The third-order valence-corrected chi connectivity index (χ3v) is 3.29. The molecule has 1 amide bonds. The quantitative estimate of drug-likeness (QED) is 0.833. The molecular weight excluding hydrogens is 219 g/mol. The molecule has 1 aromatic carbocycles. The second-order valence-corrected chi connectivity index (χ2v) is 4.72. The highest BCUT2D eigenvalue weighted by molar-refractivity contribution is 5.80. The average Bonchev–Trinajstić information content (AvgIpc) is 3.09. The summed E-state index contributed by atoms with van der Waals surface area (Å²) in [6.45, 7) is 2.11. The van der Waals surface area contributed by atoms with Gasteiger partial charge in [-0.05, 0) is 30.5 Å². The van der Waals surface area contributed by atoms with Gasteiger partial charge >= 0.3 is 0 Å². The fraction of sp³-hybridized carbons (Fsp3) is 0.462. The molecule has 1 saturated carbocycles. The number of carbonyl (C=O) groups excluding carboxylic acids is 1. The molecule has 17 heavy (non-hydrogen) atoms. The number of nitrogens with one attached hydrogen (secondary N) is 1. The Morgan fingerprint density at radius 1 is 1.59 bits per heavy atom. The highest BCUT2D eigenvalue weighted by atomic mass is 19.1. The van der Waals surface area contributed by atoms with Crippen LogP contribution in [-0.2, 0) is 10.3 Å². The van der Waals surface area contributed by atoms with Crippen LogP contribution in [0, 0.1) is 11.7 Å². The van der Waals surface area contributed by atoms with Crippen LogP contribution in [0.1, 0.15) is 25.3 Å². The molecule has 2 rings (SSSR count). The molecule has 1 aliphatic rings. The predicted octanol–water partition coefficient (Wildman–Crippen LogP) is 1.53. The van der Waals surface area contributed by atoms with Gasteiger partial charge in [0.25, 0.3) is 0 Å². The molecule has 1 fully saturated rings. The summed E-state index contributed by atoms with van der Waals surface area (Å²) in [6, 6.07) is 6.41. The Morgan fingerprint density at radius 2 is 2.29 bits per heavy atom. The van der Waals surface area contributed by atoms with Crippen LogP contribution in [0.4, 0.5) is 4.39 Å². The van der Waals surface area contributed by atoms with Crippen LogP contribution in [-0.4, -0.2) is 12.5 Å². The average molecular weight is 236 g/mol. The predicted molar refractivity (Wildman–Crippen MR) is 63.7 cm³/mol. The number of halogens is 1. The van der Waals surface area contributed by atoms with Crippen molar-refractivity contribution in [3.05, 3.63) is 35.6 Å². The van der Waals surface area contributed by atoms with E-state index < -0.39 is 0 Å². The number of benzene rings is 1. The number of rotatable bonds is 4. The van der Waals surface area contributed by atoms with Crippen molar-refractivity contribution in [2.75, 3.05) is 6.54 Å². The van der Waals surface area contributed by atoms with Gasteiger partial charge in [-0.25, -0.2) is 4.39 Å². The standard InChI is InChI=1S/C13H17FN2O/c1-9(8-15)12(17)16-13(5-6-13)10-3-2-4-11(14)7-10/h2-4,7,9H,5-6,8,15H2,1H3,(H,16,17). The topological polar surface area (TPSA) is 55.1 Å². The SMILES string of the molecule is CC(CN)C(=O)NC1(c2cccc(F)c2)CC1. The maximum Gasteiger partial charge on any atom is 0.224 e. The van der Waals surface area contributed by atoms with E-state index in [-0.39, 0.29) is 23.2 Å². The van der Waals surface area contributed by atoms with Crippen LogP contribution in [0.15, 0.2) is 24.3 Å². The van der Waals surface area contributed by atoms with Gasteiger partial charge in [0, 0.05) is 12.5 Å². The molecule has 0 radical (unpaired) electrons. The molecule has 1 unspecified atom stereocenters. The third kappa shape index (κ3) is 2.47. The van der Waals surface area contributed by atoms with E-state index in [0.717, 1.165) is 18.4 Å². The van der Waals surface area contributed by atoms with Gasteiger partial charge in [-0.1, -0.05) is 19.1 Å². The zero-order valence-electron chi connectivity index (χ0n) is 9.87. The number of carbonyl (C=O) groups is 1. The first-order chi connectivity index (χ1) is 8.07. The Labute approximate surface area is 100 Å². The van der Waals surface area contributed by atoms with Gasteiger partial charge in [-0.3, -0.25) is 4.79 Å². The summed E-state index contributed by atoms with van der Waals surface area (Å²) in [7, 11) is 0. The van der Waals surface area contributed by atoms with Crippen molar-refractivity contribution >= 4 is 5.91 Å². The number of nitrogens with two attached hydrogens (primary N) is 1. The van der Waals surface area contributed by atoms with E-state index in [1.807, 2.05) is 6.07 Å². The van der Waals surface area contributed by atoms with Crippen LogP contribution in [0.2, 0.25) is 0 Å². The van der Waals surface area contributed by atoms with Crippen LogP contribution >= 0.6 is 0 Å². The second-order valence-electron chi connectivity index (χ2n) is 4.72. The van der Waals surface area contributed by atoms with Crippen molar-refractivity contribution in [3.8, 4) is 0 Å². The van der Waals surface area contributed by atoms with Gasteiger partial charge in [0.15, 0.2) is 0 Å². The van der Waals surface area contributed by atoms with Crippen LogP contribution in [0.25, 0.3) is 0 Å². The van der Waals surface area contributed by atoms with E-state index >= 15 is 0 Å². The van der Waals surface area contributed by atoms with Crippen LogP contribution in [0.3, 0.4) is 0 Å². The Balaban J connectivity index is 2.13. The third-order valence-electron chi connectivity index (χ3n) is 3.29. The minimum atomic E-state index is -0.359. The Bertz CT molecular complexity index is 429. The maximum atomic E-state index is 13.2. The molecule has 0 spiro atoms. The van der Waals surface area contributed by atoms with Crippen molar-refractivity contribution in [3.63, 3.8) is 0 Å². The first-order valence-corrected chi connectivity index (χ1v) is 5.85. The molecule has 0 aromatic heterocycles. The molecule has 3 nitrogen and oxygen atoms in total. The van der Waals surface area contributed by atoms with Crippen LogP contribution in [0.5, 0.6) is 0 Å². The van der Waals surface area contributed by atoms with E-state index in [1.54, 1.807) is 13.0 Å². The Hall–Kier alpha value is -1.42. The lowest BCUT2D eigenvalue weighted by Crippen LogP contribution is -2.40. The van der Waals surface area contributed by atoms with Crippen LogP contribution < -0.4 is 11.1 Å². The highest BCUT2D eigenvalue weighted by Gasteiger charge is 2.46. The van der Waals surface area contributed by atoms with Gasteiger partial charge in [0.05, 0.1) is 5.54 Å². The molecule has 1 atom stereocenters. The second kappa shape index (κ2) is 4.45. The first-order valence-electron chi connectivity index (χ1n) is 5.85. The smallest absolute Gasteiger partial charge is 0.224 e. The monoisotopic (exact) mass is 236 g/mol. The van der Waals surface area contributed by atoms with Crippen molar-refractivity contribution in [2.45, 2.75) is 25.3 Å². The molecule has 0 heterocycles. The number of hydrogen-bond acceptors (Lipinski definition) is 2. The molecule has 1 aliphatic carbocycles. The maximum absolute atomic E-state index is 13.2. The van der Waals surface area contributed by atoms with Gasteiger partial charge in [-0.15, -0.1) is 0 Å². The molecule has 0 saturated heterocycles. The van der Waals surface area contributed by atoms with E-state index in [9.17, 15) is 9.18 Å². The molecule has 4 heteroatoms. The lowest BCUT2D eigenvalue weighted by atomic mass is 10.0. The lowest BCUT2D eigenvalue weighted by molar-refractivity contribution is -0.125. The van der Waals surface area contributed by atoms with Crippen molar-refractivity contribution in [1.29, 1.82) is 0 Å². The van der Waals surface area contributed by atoms with Crippen molar-refractivity contribution in [2.24, 2.45) is 11.7 Å². The summed E-state index contributed by atoms with van der Waals surface area (Å²) in [6.07, 6.45) is 1.72. The lowest BCUT2D eigenvalue weighted by Gasteiger charge is -2.20. The molecule has 3 N–H and O–H groups in total. The number of hydrogen-bond donors (Lipinski definition) is 2. The Kier molecular flexibility index (Phi) is 3.15. The van der Waals surface area contributed by atoms with Gasteiger partial charge in [0.2, 0.25) is 5.91 Å². The molecular formula is C13H17FN2O. The van der Waals surface area contributed by atoms with Gasteiger partial charge in [0.1, 0.15) is 5.82 Å². The summed E-state index contributed by atoms with van der Waals surface area (Å²) in [5.41, 5.74) is 5.94. The minimum absolute atomic E-state index is 0.0609. The fourth-order valence-corrected chi connectivity index (χ4v) is 1.86. The fourth-order valence-electron chi connectivity index (χ4n) is 1.86. The van der Waals surface area contributed by atoms with Crippen molar-refractivity contribution in [1.82, 2.24) is 5.32 Å². The zero-order valence-corrected chi connectivity index (χ0v) is 9.87. The van der Waals surface area contributed by atoms with E-state index in [0.29, 0.717) is 6.54 Å². The minimum Gasteiger partial charge on any atom is -0.346 e. The summed E-state index contributed by atoms with van der Waals surface area (Å²) >= 11 is 0. The normalized spacial score (nSPS) is 18.5. The van der Waals surface area contributed by atoms with E-state index in [2.05, 4.69) is 5.32 Å². The van der Waals surface area contributed by atoms with E-state index in [4.69, 9.17) is 5.73 Å². The largest absolute Gasteiger partial charge is 0.346 e. The molecule has 0 bridgehead atoms. The van der Waals surface area contributed by atoms with Gasteiger partial charge in [-0.2, -0.15) is 0 Å². The summed E-state index contributed by atoms with van der Waals surface area (Å²) in [5, 5.41) is 2.98. The summed E-state index contributed by atoms with van der Waals surface area (Å²) < 4.78 is 13.2. The highest BCUT2D eigenvalue weighted by Crippen LogP contribution is 2.45. The van der Waals surface area contributed by atoms with Gasteiger partial charge < -0.3 is 11.1 Å². The van der Waals surface area contributed by atoms with E-state index in [1.165, 1.54) is 12.1 Å². The molecule has 1 aromatic rings. The Morgan fingerprint density at radius 3 is 2.82 bits per heavy atom. The summed E-state index contributed by atoms with van der Waals surface area (Å²) in [5.74, 6) is -0.537. The molecule has 0 aliphatic heterocycles. The van der Waals surface area contributed by atoms with Crippen molar-refractivity contribution < 1.29 is 9.18 Å². The number of amides is 1. The molecule has 92 valence electrons. The first kappa shape index (κ1) is 12.0. The summed E-state index contributed by atoms with van der Waals surface area (Å²) in [4.78, 5) is 11.8. The zero-order chi connectivity index (χ0) is 12.5.